The highest BCUT2D eigenvalue weighted by atomic mass is 32.1. The molecule has 2 N–H and O–H groups in total. The van der Waals surface area contributed by atoms with Crippen LogP contribution in [0.4, 0.5) is 5.69 Å². The van der Waals surface area contributed by atoms with Gasteiger partial charge in [0.25, 0.3) is 0 Å². The first kappa shape index (κ1) is 14.9. The molecule has 108 valence electrons. The summed E-state index contributed by atoms with van der Waals surface area (Å²) in [5.74, 6) is 0.0595. The van der Waals surface area contributed by atoms with E-state index < -0.39 is 0 Å². The minimum atomic E-state index is 0.0595. The highest BCUT2D eigenvalue weighted by Gasteiger charge is 2.22. The molecule has 0 aliphatic carbocycles. The number of carbonyl (C=O) groups excluding carboxylic acids is 1. The first-order chi connectivity index (χ1) is 9.56. The molecular weight excluding hydrogens is 272 g/mol. The zero-order chi connectivity index (χ0) is 14.5. The second-order valence-electron chi connectivity index (χ2n) is 5.07. The molecule has 4 nitrogen and oxygen atoms in total. The number of hydrogen-bond donors (Lipinski definition) is 2. The van der Waals surface area contributed by atoms with Gasteiger partial charge in [-0.1, -0.05) is 0 Å². The van der Waals surface area contributed by atoms with Gasteiger partial charge in [0, 0.05) is 17.9 Å². The molecule has 0 bridgehead atoms. The first-order valence-electron chi connectivity index (χ1n) is 6.86. The summed E-state index contributed by atoms with van der Waals surface area (Å²) in [6.07, 6.45) is 2.42. The number of rotatable bonds is 4. The number of ether oxygens (including phenoxy) is 1. The van der Waals surface area contributed by atoms with Crippen molar-refractivity contribution >= 4 is 28.8 Å². The van der Waals surface area contributed by atoms with Crippen molar-refractivity contribution in [2.24, 2.45) is 0 Å². The van der Waals surface area contributed by atoms with E-state index in [1.807, 2.05) is 12.1 Å². The van der Waals surface area contributed by atoms with Crippen LogP contribution in [0.5, 0.6) is 0 Å². The van der Waals surface area contributed by atoms with Crippen LogP contribution in [0.2, 0.25) is 0 Å². The summed E-state index contributed by atoms with van der Waals surface area (Å²) in [5.41, 5.74) is 1.56. The fourth-order valence-corrected chi connectivity index (χ4v) is 2.56. The van der Waals surface area contributed by atoms with Gasteiger partial charge < -0.3 is 15.4 Å². The van der Waals surface area contributed by atoms with Crippen LogP contribution in [0, 0.1) is 0 Å². The molecule has 1 heterocycles. The molecule has 1 aliphatic rings. The maximum Gasteiger partial charge on any atom is 0.171 e. The number of carbonyl (C=O) groups is 1. The van der Waals surface area contributed by atoms with Crippen molar-refractivity contribution in [2.75, 3.05) is 11.9 Å². The maximum absolute atomic E-state index is 11.2. The lowest BCUT2D eigenvalue weighted by Crippen LogP contribution is -2.42. The molecule has 2 atom stereocenters. The Morgan fingerprint density at radius 3 is 2.65 bits per heavy atom. The van der Waals surface area contributed by atoms with E-state index in [1.165, 1.54) is 0 Å². The van der Waals surface area contributed by atoms with Crippen molar-refractivity contribution in [1.29, 1.82) is 0 Å². The van der Waals surface area contributed by atoms with E-state index in [4.69, 9.17) is 17.0 Å². The zero-order valence-corrected chi connectivity index (χ0v) is 12.6. The Morgan fingerprint density at radius 2 is 2.10 bits per heavy atom. The van der Waals surface area contributed by atoms with Crippen LogP contribution < -0.4 is 10.6 Å². The number of hydrogen-bond acceptors (Lipinski definition) is 3. The normalized spacial score (nSPS) is 19.4. The smallest absolute Gasteiger partial charge is 0.171 e. The summed E-state index contributed by atoms with van der Waals surface area (Å²) in [6.45, 7) is 4.46. The van der Waals surface area contributed by atoms with Crippen LogP contribution in [0.15, 0.2) is 24.3 Å². The standard InChI is InChI=1S/C15H20N2O2S/c1-10(14-4-3-9-19-14)16-15(20)17-13-7-5-12(6-8-13)11(2)18/h5-8,10,14H,3-4,9H2,1-2H3,(H2,16,17,20). The topological polar surface area (TPSA) is 50.4 Å². The molecule has 0 radical (unpaired) electrons. The molecular formula is C15H20N2O2S. The Morgan fingerprint density at radius 1 is 1.40 bits per heavy atom. The zero-order valence-electron chi connectivity index (χ0n) is 11.8. The van der Waals surface area contributed by atoms with Crippen molar-refractivity contribution in [1.82, 2.24) is 5.32 Å². The first-order valence-corrected chi connectivity index (χ1v) is 7.27. The van der Waals surface area contributed by atoms with E-state index in [2.05, 4.69) is 17.6 Å². The Kier molecular flexibility index (Phi) is 5.09. The van der Waals surface area contributed by atoms with Crippen LogP contribution >= 0.6 is 12.2 Å². The van der Waals surface area contributed by atoms with Crippen LogP contribution in [0.25, 0.3) is 0 Å². The molecule has 1 aromatic rings. The molecule has 0 amide bonds. The molecule has 0 spiro atoms. The van der Waals surface area contributed by atoms with E-state index >= 15 is 0 Å². The number of benzene rings is 1. The highest BCUT2D eigenvalue weighted by Crippen LogP contribution is 2.16. The monoisotopic (exact) mass is 292 g/mol. The summed E-state index contributed by atoms with van der Waals surface area (Å²) in [4.78, 5) is 11.2. The van der Waals surface area contributed by atoms with Crippen molar-refractivity contribution in [2.45, 2.75) is 38.8 Å². The Labute approximate surface area is 124 Å². The number of anilines is 1. The molecule has 1 aromatic carbocycles. The van der Waals surface area contributed by atoms with Crippen molar-refractivity contribution < 1.29 is 9.53 Å². The SMILES string of the molecule is CC(=O)c1ccc(NC(=S)NC(C)C2CCCO2)cc1. The van der Waals surface area contributed by atoms with Crippen molar-refractivity contribution in [3.63, 3.8) is 0 Å². The molecule has 1 aliphatic heterocycles. The molecule has 2 rings (SSSR count). The molecule has 20 heavy (non-hydrogen) atoms. The molecule has 2 unspecified atom stereocenters. The predicted molar refractivity (Wildman–Crippen MR) is 84.2 cm³/mol. The lowest BCUT2D eigenvalue weighted by molar-refractivity contribution is 0.0895. The van der Waals surface area contributed by atoms with Gasteiger partial charge in [-0.15, -0.1) is 0 Å². The van der Waals surface area contributed by atoms with Gasteiger partial charge in [-0.2, -0.15) is 0 Å². The molecule has 1 saturated heterocycles. The Bertz CT molecular complexity index is 481. The highest BCUT2D eigenvalue weighted by molar-refractivity contribution is 7.80. The van der Waals surface area contributed by atoms with Gasteiger partial charge in [0.15, 0.2) is 10.9 Å². The van der Waals surface area contributed by atoms with E-state index in [9.17, 15) is 4.79 Å². The Hall–Kier alpha value is -1.46. The minimum Gasteiger partial charge on any atom is -0.376 e. The summed E-state index contributed by atoms with van der Waals surface area (Å²) < 4.78 is 5.62. The predicted octanol–water partition coefficient (Wildman–Crippen LogP) is 2.74. The number of ketones is 1. The van der Waals surface area contributed by atoms with Crippen LogP contribution in [-0.2, 0) is 4.74 Å². The summed E-state index contributed by atoms with van der Waals surface area (Å²) >= 11 is 5.29. The molecule has 1 fully saturated rings. The van der Waals surface area contributed by atoms with Gasteiger partial charge in [-0.05, 0) is 63.2 Å². The van der Waals surface area contributed by atoms with Crippen LogP contribution in [0.1, 0.15) is 37.0 Å². The molecule has 5 heteroatoms. The van der Waals surface area contributed by atoms with E-state index in [1.54, 1.807) is 19.1 Å². The lowest BCUT2D eigenvalue weighted by atomic mass is 10.1. The third kappa shape index (κ3) is 4.02. The average molecular weight is 292 g/mol. The fraction of sp³-hybridized carbons (Fsp3) is 0.467. The Balaban J connectivity index is 1.85. The van der Waals surface area contributed by atoms with Gasteiger partial charge in [0.05, 0.1) is 12.1 Å². The van der Waals surface area contributed by atoms with E-state index in [0.717, 1.165) is 25.1 Å². The molecule has 0 aromatic heterocycles. The number of nitrogens with one attached hydrogen (secondary N) is 2. The van der Waals surface area contributed by atoms with Crippen molar-refractivity contribution in [3.05, 3.63) is 29.8 Å². The quantitative estimate of drug-likeness (QED) is 0.660. The van der Waals surface area contributed by atoms with Gasteiger partial charge in [0.1, 0.15) is 0 Å². The second-order valence-corrected chi connectivity index (χ2v) is 5.48. The number of Topliss-reactive ketones (excluding diaryl/α,β-unsaturated/α-hetero) is 1. The van der Waals surface area contributed by atoms with Gasteiger partial charge in [-0.25, -0.2) is 0 Å². The summed E-state index contributed by atoms with van der Waals surface area (Å²) in [7, 11) is 0. The largest absolute Gasteiger partial charge is 0.376 e. The van der Waals surface area contributed by atoms with E-state index in [0.29, 0.717) is 10.7 Å². The number of thiocarbonyl (C=S) groups is 1. The second kappa shape index (κ2) is 6.81. The fourth-order valence-electron chi connectivity index (χ4n) is 2.25. The van der Waals surface area contributed by atoms with Crippen LogP contribution in [-0.4, -0.2) is 29.6 Å². The maximum atomic E-state index is 11.2. The average Bonchev–Trinajstić information content (AvgIpc) is 2.93. The van der Waals surface area contributed by atoms with Crippen LogP contribution in [0.3, 0.4) is 0 Å². The minimum absolute atomic E-state index is 0.0595. The van der Waals surface area contributed by atoms with E-state index in [-0.39, 0.29) is 17.9 Å². The van der Waals surface area contributed by atoms with Crippen molar-refractivity contribution in [3.8, 4) is 0 Å². The third-order valence-corrected chi connectivity index (χ3v) is 3.65. The third-order valence-electron chi connectivity index (χ3n) is 3.43. The van der Waals surface area contributed by atoms with Gasteiger partial charge in [-0.3, -0.25) is 4.79 Å². The van der Waals surface area contributed by atoms with Gasteiger partial charge in [0.2, 0.25) is 0 Å². The summed E-state index contributed by atoms with van der Waals surface area (Å²) in [6, 6.07) is 7.46. The molecule has 0 saturated carbocycles. The lowest BCUT2D eigenvalue weighted by Gasteiger charge is -2.22. The summed E-state index contributed by atoms with van der Waals surface area (Å²) in [5, 5.41) is 6.92. The van der Waals surface area contributed by atoms with Gasteiger partial charge >= 0.3 is 0 Å².